The zero-order valence-electron chi connectivity index (χ0n) is 7.01. The second kappa shape index (κ2) is 4.12. The number of rotatable bonds is 1. The number of hydrogen-bond acceptors (Lipinski definition) is 4. The van der Waals surface area contributed by atoms with E-state index in [2.05, 4.69) is 10.7 Å². The number of amides is 1. The molecule has 2 atom stereocenters. The van der Waals surface area contributed by atoms with Gasteiger partial charge in [-0.3, -0.25) is 0 Å². The Morgan fingerprint density at radius 1 is 1.54 bits per heavy atom. The second-order valence-corrected chi connectivity index (χ2v) is 2.80. The Labute approximate surface area is 75.9 Å². The lowest BCUT2D eigenvalue weighted by molar-refractivity contribution is 0.0572. The highest BCUT2D eigenvalue weighted by atomic mass is 16.6. The maximum absolute atomic E-state index is 11.1. The number of hydrogen-bond donors (Lipinski definition) is 2. The fraction of sp³-hybridized carbons (Fsp3) is 0.625. The summed E-state index contributed by atoms with van der Waals surface area (Å²) in [4.78, 5) is 12.3. The van der Waals surface area contributed by atoms with Crippen LogP contribution in [0.1, 0.15) is 0 Å². The zero-order valence-corrected chi connectivity index (χ0v) is 7.01. The van der Waals surface area contributed by atoms with Crippen molar-refractivity contribution >= 4 is 6.09 Å². The Morgan fingerprint density at radius 2 is 2.08 bits per heavy atom. The van der Waals surface area contributed by atoms with Gasteiger partial charge in [-0.15, -0.1) is 6.42 Å². The Bertz CT molecular complexity index is 225. The van der Waals surface area contributed by atoms with Crippen LogP contribution in [0.15, 0.2) is 0 Å². The van der Waals surface area contributed by atoms with E-state index >= 15 is 0 Å². The number of nitrogens with zero attached hydrogens (tertiary/aromatic N) is 1. The molecular weight excluding hydrogens is 174 g/mol. The minimum absolute atomic E-state index is 0.0879. The van der Waals surface area contributed by atoms with Crippen molar-refractivity contribution in [3.05, 3.63) is 0 Å². The van der Waals surface area contributed by atoms with Crippen LogP contribution in [0.4, 0.5) is 4.79 Å². The third-order valence-electron chi connectivity index (χ3n) is 1.80. The number of carbonyl (C=O) groups excluding carboxylic acids is 1. The molecule has 1 heterocycles. The van der Waals surface area contributed by atoms with Crippen LogP contribution in [0.2, 0.25) is 0 Å². The van der Waals surface area contributed by atoms with Gasteiger partial charge in [0.25, 0.3) is 0 Å². The molecule has 1 fully saturated rings. The lowest BCUT2D eigenvalue weighted by atomic mass is 10.3. The molecule has 0 aromatic heterocycles. The molecule has 13 heavy (non-hydrogen) atoms. The van der Waals surface area contributed by atoms with E-state index in [9.17, 15) is 4.79 Å². The highest BCUT2D eigenvalue weighted by Gasteiger charge is 2.33. The summed E-state index contributed by atoms with van der Waals surface area (Å²) >= 11 is 0. The predicted octanol–water partition coefficient (Wildman–Crippen LogP) is -1.21. The molecule has 5 heteroatoms. The molecule has 5 nitrogen and oxygen atoms in total. The van der Waals surface area contributed by atoms with Gasteiger partial charge >= 0.3 is 6.09 Å². The van der Waals surface area contributed by atoms with Gasteiger partial charge in [0.05, 0.1) is 25.3 Å². The van der Waals surface area contributed by atoms with Gasteiger partial charge in [-0.1, -0.05) is 5.92 Å². The first kappa shape index (κ1) is 9.84. The summed E-state index contributed by atoms with van der Waals surface area (Å²) in [6.07, 6.45) is 2.50. The lowest BCUT2D eigenvalue weighted by Crippen LogP contribution is -2.30. The van der Waals surface area contributed by atoms with E-state index in [4.69, 9.17) is 16.6 Å². The topological polar surface area (TPSA) is 70.0 Å². The van der Waals surface area contributed by atoms with Crippen molar-refractivity contribution in [3.63, 3.8) is 0 Å². The van der Waals surface area contributed by atoms with Crippen molar-refractivity contribution < 1.29 is 19.7 Å². The minimum atomic E-state index is -0.890. The minimum Gasteiger partial charge on any atom is -0.436 e. The maximum atomic E-state index is 11.1. The number of ether oxygens (including phenoxy) is 1. The maximum Gasteiger partial charge on any atom is 0.410 e. The van der Waals surface area contributed by atoms with E-state index in [1.165, 1.54) is 4.90 Å². The zero-order chi connectivity index (χ0) is 9.84. The van der Waals surface area contributed by atoms with Crippen molar-refractivity contribution in [1.82, 2.24) is 4.90 Å². The van der Waals surface area contributed by atoms with Gasteiger partial charge in [0.1, 0.15) is 0 Å². The molecule has 0 radical (unpaired) electrons. The lowest BCUT2D eigenvalue weighted by Gasteiger charge is -2.13. The van der Waals surface area contributed by atoms with Crippen molar-refractivity contribution in [1.29, 1.82) is 0 Å². The normalized spacial score (nSPS) is 27.0. The summed E-state index contributed by atoms with van der Waals surface area (Å²) in [5, 5.41) is 18.2. The van der Waals surface area contributed by atoms with E-state index in [1.807, 2.05) is 0 Å². The molecule has 0 aromatic rings. The molecule has 0 aliphatic carbocycles. The summed E-state index contributed by atoms with van der Waals surface area (Å²) in [7, 11) is 0. The van der Waals surface area contributed by atoms with Crippen LogP contribution in [0.3, 0.4) is 0 Å². The van der Waals surface area contributed by atoms with E-state index in [1.54, 1.807) is 0 Å². The molecule has 1 aliphatic rings. The van der Waals surface area contributed by atoms with Crippen LogP contribution >= 0.6 is 0 Å². The molecule has 0 saturated carbocycles. The van der Waals surface area contributed by atoms with Crippen molar-refractivity contribution in [2.24, 2.45) is 0 Å². The highest BCUT2D eigenvalue weighted by molar-refractivity contribution is 5.68. The van der Waals surface area contributed by atoms with E-state index in [0.29, 0.717) is 0 Å². The first-order valence-electron chi connectivity index (χ1n) is 3.86. The number of carbonyl (C=O) groups is 1. The standard InChI is InChI=1S/C8H11NO4/c1-2-3-13-8(12)9-4-6(10)7(11)5-9/h1,6-7,10-11H,3-5H2/t6-,7+. The second-order valence-electron chi connectivity index (χ2n) is 2.80. The Kier molecular flexibility index (Phi) is 3.12. The molecular formula is C8H11NO4. The number of likely N-dealkylation sites (tertiary alicyclic amines) is 1. The van der Waals surface area contributed by atoms with Crippen LogP contribution in [0.5, 0.6) is 0 Å². The molecule has 2 N–H and O–H groups in total. The predicted molar refractivity (Wildman–Crippen MR) is 43.8 cm³/mol. The van der Waals surface area contributed by atoms with Gasteiger partial charge in [-0.2, -0.15) is 0 Å². The number of aliphatic hydroxyl groups excluding tert-OH is 2. The quantitative estimate of drug-likeness (QED) is 0.503. The molecule has 72 valence electrons. The third-order valence-corrected chi connectivity index (χ3v) is 1.80. The third kappa shape index (κ3) is 2.34. The molecule has 0 unspecified atom stereocenters. The van der Waals surface area contributed by atoms with Crippen molar-refractivity contribution in [3.8, 4) is 12.3 Å². The fourth-order valence-electron chi connectivity index (χ4n) is 1.11. The summed E-state index contributed by atoms with van der Waals surface area (Å²) in [5.74, 6) is 2.15. The number of aliphatic hydroxyl groups is 2. The summed E-state index contributed by atoms with van der Waals surface area (Å²) in [6.45, 7) is 0.0800. The van der Waals surface area contributed by atoms with Gasteiger partial charge in [-0.05, 0) is 0 Å². The Hall–Kier alpha value is -1.25. The molecule has 1 amide bonds. The average molecular weight is 185 g/mol. The van der Waals surface area contributed by atoms with Gasteiger partial charge in [0.2, 0.25) is 0 Å². The van der Waals surface area contributed by atoms with Crippen molar-refractivity contribution in [2.75, 3.05) is 19.7 Å². The average Bonchev–Trinajstić information content (AvgIpc) is 2.43. The Morgan fingerprint density at radius 3 is 2.54 bits per heavy atom. The van der Waals surface area contributed by atoms with Crippen LogP contribution < -0.4 is 0 Å². The van der Waals surface area contributed by atoms with Gasteiger partial charge < -0.3 is 19.8 Å². The highest BCUT2D eigenvalue weighted by Crippen LogP contribution is 2.10. The van der Waals surface area contributed by atoms with Crippen LogP contribution in [-0.2, 0) is 4.74 Å². The van der Waals surface area contributed by atoms with Crippen LogP contribution in [-0.4, -0.2) is 53.1 Å². The van der Waals surface area contributed by atoms with Gasteiger partial charge in [0, 0.05) is 0 Å². The van der Waals surface area contributed by atoms with E-state index in [-0.39, 0.29) is 19.7 Å². The largest absolute Gasteiger partial charge is 0.436 e. The fourth-order valence-corrected chi connectivity index (χ4v) is 1.11. The molecule has 1 saturated heterocycles. The summed E-state index contributed by atoms with van der Waals surface area (Å²) < 4.78 is 4.60. The molecule has 1 rings (SSSR count). The SMILES string of the molecule is C#CCOC(=O)N1C[C@@H](O)[C@@H](O)C1. The number of terminal acetylenes is 1. The van der Waals surface area contributed by atoms with Crippen LogP contribution in [0, 0.1) is 12.3 Å². The first-order valence-corrected chi connectivity index (χ1v) is 3.86. The van der Waals surface area contributed by atoms with Crippen molar-refractivity contribution in [2.45, 2.75) is 12.2 Å². The van der Waals surface area contributed by atoms with E-state index < -0.39 is 18.3 Å². The van der Waals surface area contributed by atoms with Gasteiger partial charge in [-0.25, -0.2) is 4.79 Å². The molecule has 0 aromatic carbocycles. The summed E-state index contributed by atoms with van der Waals surface area (Å²) in [6, 6.07) is 0. The molecule has 1 aliphatic heterocycles. The number of β-amino-alcohol motifs (C(OH)–C–C–N with tert-alkyl or cyclic N) is 2. The monoisotopic (exact) mass is 185 g/mol. The molecule has 0 spiro atoms. The molecule has 0 bridgehead atoms. The van der Waals surface area contributed by atoms with E-state index in [0.717, 1.165) is 0 Å². The first-order chi connectivity index (χ1) is 6.15. The smallest absolute Gasteiger partial charge is 0.410 e. The van der Waals surface area contributed by atoms with Gasteiger partial charge in [0.15, 0.2) is 6.61 Å². The Balaban J connectivity index is 2.38. The van der Waals surface area contributed by atoms with Crippen LogP contribution in [0.25, 0.3) is 0 Å². The summed E-state index contributed by atoms with van der Waals surface area (Å²) in [5.41, 5.74) is 0.